The molecule has 0 aliphatic carbocycles. The van der Waals surface area contributed by atoms with Gasteiger partial charge >= 0.3 is 5.97 Å². The molecule has 1 aromatic carbocycles. The second kappa shape index (κ2) is 4.96. The molecule has 0 radical (unpaired) electrons. The van der Waals surface area contributed by atoms with Crippen LogP contribution in [0.2, 0.25) is 5.02 Å². The van der Waals surface area contributed by atoms with Crippen molar-refractivity contribution in [2.24, 2.45) is 0 Å². The van der Waals surface area contributed by atoms with E-state index in [1.54, 1.807) is 0 Å². The van der Waals surface area contributed by atoms with E-state index in [-0.39, 0.29) is 17.2 Å². The average molecular weight is 217 g/mol. The lowest BCUT2D eigenvalue weighted by Crippen LogP contribution is -2.08. The van der Waals surface area contributed by atoms with Gasteiger partial charge < -0.3 is 4.74 Å². The maximum atomic E-state index is 13.1. The minimum Gasteiger partial charge on any atom is -0.462 e. The van der Waals surface area contributed by atoms with Crippen molar-refractivity contribution in [1.82, 2.24) is 0 Å². The third-order valence-electron chi connectivity index (χ3n) is 1.60. The number of hydrogen-bond acceptors (Lipinski definition) is 2. The third kappa shape index (κ3) is 2.45. The van der Waals surface area contributed by atoms with Crippen molar-refractivity contribution >= 4 is 17.6 Å². The molecule has 14 heavy (non-hydrogen) atoms. The van der Waals surface area contributed by atoms with Gasteiger partial charge in [-0.2, -0.15) is 0 Å². The lowest BCUT2D eigenvalue weighted by Gasteiger charge is -2.05. The van der Waals surface area contributed by atoms with Crippen LogP contribution in [0, 0.1) is 5.82 Å². The summed E-state index contributed by atoms with van der Waals surface area (Å²) < 4.78 is 17.9. The first-order valence-corrected chi connectivity index (χ1v) is 4.65. The van der Waals surface area contributed by atoms with Gasteiger partial charge in [0.25, 0.3) is 0 Å². The van der Waals surface area contributed by atoms with E-state index in [0.717, 1.165) is 0 Å². The van der Waals surface area contributed by atoms with Crippen LogP contribution in [0.4, 0.5) is 4.39 Å². The molecule has 0 bridgehead atoms. The van der Waals surface area contributed by atoms with Crippen molar-refractivity contribution in [3.05, 3.63) is 34.6 Å². The number of rotatable bonds is 3. The van der Waals surface area contributed by atoms with Crippen molar-refractivity contribution < 1.29 is 13.9 Å². The van der Waals surface area contributed by atoms with Gasteiger partial charge in [-0.25, -0.2) is 9.18 Å². The Balaban J connectivity index is 2.89. The van der Waals surface area contributed by atoms with Gasteiger partial charge in [0.1, 0.15) is 11.4 Å². The van der Waals surface area contributed by atoms with Gasteiger partial charge in [-0.15, -0.1) is 0 Å². The fourth-order valence-corrected chi connectivity index (χ4v) is 1.20. The van der Waals surface area contributed by atoms with Crippen molar-refractivity contribution in [1.29, 1.82) is 0 Å². The van der Waals surface area contributed by atoms with Gasteiger partial charge in [0.05, 0.1) is 11.6 Å². The molecular formula is C10H10ClFO2. The zero-order valence-corrected chi connectivity index (χ0v) is 8.47. The van der Waals surface area contributed by atoms with Crippen LogP contribution in [0.15, 0.2) is 18.2 Å². The Hall–Kier alpha value is -1.09. The number of ether oxygens (including phenoxy) is 1. The van der Waals surface area contributed by atoms with Crippen LogP contribution in [0.3, 0.4) is 0 Å². The highest BCUT2D eigenvalue weighted by Crippen LogP contribution is 2.19. The molecule has 0 saturated heterocycles. The third-order valence-corrected chi connectivity index (χ3v) is 1.92. The number of hydrogen-bond donors (Lipinski definition) is 0. The van der Waals surface area contributed by atoms with Crippen molar-refractivity contribution in [3.63, 3.8) is 0 Å². The number of benzene rings is 1. The highest BCUT2D eigenvalue weighted by molar-refractivity contribution is 6.33. The minimum atomic E-state index is -0.713. The summed E-state index contributed by atoms with van der Waals surface area (Å²) in [6.07, 6.45) is 0.692. The summed E-state index contributed by atoms with van der Waals surface area (Å²) in [5, 5.41) is 0.0751. The van der Waals surface area contributed by atoms with E-state index in [1.807, 2.05) is 6.92 Å². The molecule has 2 nitrogen and oxygen atoms in total. The lowest BCUT2D eigenvalue weighted by atomic mass is 10.2. The van der Waals surface area contributed by atoms with Gasteiger partial charge in [-0.1, -0.05) is 24.6 Å². The predicted molar refractivity (Wildman–Crippen MR) is 52.0 cm³/mol. The van der Waals surface area contributed by atoms with Gasteiger partial charge in [-0.3, -0.25) is 0 Å². The van der Waals surface area contributed by atoms with Crippen LogP contribution < -0.4 is 0 Å². The highest BCUT2D eigenvalue weighted by atomic mass is 35.5. The van der Waals surface area contributed by atoms with Crippen LogP contribution in [-0.2, 0) is 4.74 Å². The Labute approximate surface area is 86.6 Å². The standard InChI is InChI=1S/C10H10ClFO2/c1-2-6-14-10(13)9-7(11)4-3-5-8(9)12/h3-5H,2,6H2,1H3. The molecule has 0 N–H and O–H groups in total. The molecule has 0 spiro atoms. The summed E-state index contributed by atoms with van der Waals surface area (Å²) in [4.78, 5) is 11.3. The number of halogens is 2. The Bertz CT molecular complexity index is 319. The SMILES string of the molecule is CCCOC(=O)c1c(F)cccc1Cl. The Morgan fingerprint density at radius 2 is 2.29 bits per heavy atom. The Morgan fingerprint density at radius 1 is 1.57 bits per heavy atom. The summed E-state index contributed by atoms with van der Waals surface area (Å²) in [6.45, 7) is 2.12. The molecule has 1 rings (SSSR count). The topological polar surface area (TPSA) is 26.3 Å². The first-order chi connectivity index (χ1) is 6.66. The van der Waals surface area contributed by atoms with E-state index in [0.29, 0.717) is 6.42 Å². The van der Waals surface area contributed by atoms with E-state index in [9.17, 15) is 9.18 Å². The maximum Gasteiger partial charge on any atom is 0.342 e. The van der Waals surface area contributed by atoms with Crippen LogP contribution >= 0.6 is 11.6 Å². The highest BCUT2D eigenvalue weighted by Gasteiger charge is 2.16. The normalized spacial score (nSPS) is 9.93. The van der Waals surface area contributed by atoms with E-state index in [1.165, 1.54) is 18.2 Å². The molecule has 0 aliphatic heterocycles. The Morgan fingerprint density at radius 3 is 2.86 bits per heavy atom. The zero-order valence-electron chi connectivity index (χ0n) is 7.72. The quantitative estimate of drug-likeness (QED) is 0.726. The predicted octanol–water partition coefficient (Wildman–Crippen LogP) is 3.05. The van der Waals surface area contributed by atoms with Crippen molar-refractivity contribution in [2.75, 3.05) is 6.61 Å². The molecule has 0 saturated carbocycles. The van der Waals surface area contributed by atoms with Crippen LogP contribution in [0.1, 0.15) is 23.7 Å². The summed E-state index contributed by atoms with van der Waals surface area (Å²) >= 11 is 5.66. The minimum absolute atomic E-state index is 0.0751. The summed E-state index contributed by atoms with van der Waals surface area (Å²) in [5.41, 5.74) is -0.192. The largest absolute Gasteiger partial charge is 0.462 e. The molecule has 1 aromatic rings. The number of esters is 1. The number of carbonyl (C=O) groups excluding carboxylic acids is 1. The first-order valence-electron chi connectivity index (χ1n) is 4.28. The van der Waals surface area contributed by atoms with Crippen LogP contribution in [-0.4, -0.2) is 12.6 Å². The Kier molecular flexibility index (Phi) is 3.89. The van der Waals surface area contributed by atoms with Gasteiger partial charge in [0, 0.05) is 0 Å². The number of carbonyl (C=O) groups is 1. The summed E-state index contributed by atoms with van der Waals surface area (Å²) in [6, 6.07) is 4.07. The summed E-state index contributed by atoms with van der Waals surface area (Å²) in [7, 11) is 0. The summed E-state index contributed by atoms with van der Waals surface area (Å²) in [5.74, 6) is -1.37. The van der Waals surface area contributed by atoms with E-state index >= 15 is 0 Å². The molecule has 0 amide bonds. The second-order valence-electron chi connectivity index (χ2n) is 2.73. The molecule has 76 valence electrons. The van der Waals surface area contributed by atoms with Crippen LogP contribution in [0.5, 0.6) is 0 Å². The van der Waals surface area contributed by atoms with Gasteiger partial charge in [-0.05, 0) is 18.6 Å². The first kappa shape index (κ1) is 11.0. The molecule has 0 aromatic heterocycles. The lowest BCUT2D eigenvalue weighted by molar-refractivity contribution is 0.0500. The average Bonchev–Trinajstić information content (AvgIpc) is 2.14. The van der Waals surface area contributed by atoms with Crippen LogP contribution in [0.25, 0.3) is 0 Å². The zero-order chi connectivity index (χ0) is 10.6. The van der Waals surface area contributed by atoms with Crippen molar-refractivity contribution in [3.8, 4) is 0 Å². The van der Waals surface area contributed by atoms with E-state index in [4.69, 9.17) is 16.3 Å². The molecule has 0 unspecified atom stereocenters. The second-order valence-corrected chi connectivity index (χ2v) is 3.14. The monoisotopic (exact) mass is 216 g/mol. The van der Waals surface area contributed by atoms with E-state index < -0.39 is 11.8 Å². The maximum absolute atomic E-state index is 13.1. The fourth-order valence-electron chi connectivity index (χ4n) is 0.960. The smallest absolute Gasteiger partial charge is 0.342 e. The molecule has 0 heterocycles. The van der Waals surface area contributed by atoms with Gasteiger partial charge in [0.2, 0.25) is 0 Å². The van der Waals surface area contributed by atoms with Crippen molar-refractivity contribution in [2.45, 2.75) is 13.3 Å². The molecule has 0 aliphatic rings. The molecule has 0 fully saturated rings. The molecule has 4 heteroatoms. The van der Waals surface area contributed by atoms with Gasteiger partial charge in [0.15, 0.2) is 0 Å². The fraction of sp³-hybridized carbons (Fsp3) is 0.300. The van der Waals surface area contributed by atoms with E-state index in [2.05, 4.69) is 0 Å². The molecule has 0 atom stereocenters. The molecular weight excluding hydrogens is 207 g/mol.